The van der Waals surface area contributed by atoms with Crippen LogP contribution in [0.5, 0.6) is 0 Å². The Morgan fingerprint density at radius 2 is 1.79 bits per heavy atom. The lowest BCUT2D eigenvalue weighted by molar-refractivity contribution is -0.149. The van der Waals surface area contributed by atoms with Gasteiger partial charge in [-0.2, -0.15) is 0 Å². The number of likely N-dealkylation sites (tertiary alicyclic amines) is 1. The quantitative estimate of drug-likeness (QED) is 0.486. The van der Waals surface area contributed by atoms with Gasteiger partial charge in [-0.05, 0) is 42.2 Å². The van der Waals surface area contributed by atoms with E-state index in [4.69, 9.17) is 0 Å². The molecule has 1 heterocycles. The zero-order valence-corrected chi connectivity index (χ0v) is 18.4. The number of carbonyl (C=O) groups is 4. The van der Waals surface area contributed by atoms with Gasteiger partial charge in [0.2, 0.25) is 17.7 Å². The molecule has 178 valence electrons. The summed E-state index contributed by atoms with van der Waals surface area (Å²) in [5.74, 6) is -3.04. The maximum Gasteiger partial charge on any atom is 0.326 e. The number of nitrogens with zero attached hydrogens (tertiary/aromatic N) is 1. The average molecular weight is 467 g/mol. The van der Waals surface area contributed by atoms with E-state index in [1.165, 1.54) is 41.3 Å². The lowest BCUT2D eigenvalue weighted by atomic mass is 10.0. The van der Waals surface area contributed by atoms with Crippen LogP contribution in [0.2, 0.25) is 0 Å². The molecule has 3 N–H and O–H groups in total. The number of hydrogen-bond donors (Lipinski definition) is 3. The molecule has 0 bridgehead atoms. The van der Waals surface area contributed by atoms with E-state index < -0.39 is 35.8 Å². The number of halogens is 1. The van der Waals surface area contributed by atoms with Crippen molar-refractivity contribution in [3.63, 3.8) is 0 Å². The van der Waals surface area contributed by atoms with Crippen molar-refractivity contribution in [2.24, 2.45) is 0 Å². The first-order valence-electron chi connectivity index (χ1n) is 10.9. The lowest BCUT2D eigenvalue weighted by Gasteiger charge is -2.27. The van der Waals surface area contributed by atoms with Crippen LogP contribution >= 0.6 is 0 Å². The number of rotatable bonds is 9. The first-order valence-corrected chi connectivity index (χ1v) is 10.9. The Bertz CT molecular complexity index is 1060. The molecule has 2 aromatic carbocycles. The molecular weight excluding hydrogens is 441 g/mol. The Kier molecular flexibility index (Phi) is 8.50. The maximum atomic E-state index is 13.1. The minimum Gasteiger partial charge on any atom is -0.480 e. The van der Waals surface area contributed by atoms with Gasteiger partial charge in [-0.1, -0.05) is 42.5 Å². The fourth-order valence-corrected chi connectivity index (χ4v) is 3.75. The number of carboxylic acids is 1. The topological polar surface area (TPSA) is 116 Å². The number of nitrogens with one attached hydrogen (secondary N) is 2. The number of hydrogen-bond acceptors (Lipinski definition) is 4. The van der Waals surface area contributed by atoms with Gasteiger partial charge in [-0.15, -0.1) is 0 Å². The van der Waals surface area contributed by atoms with E-state index in [-0.39, 0.29) is 18.8 Å². The molecule has 0 radical (unpaired) electrons. The first kappa shape index (κ1) is 24.6. The predicted molar refractivity (Wildman–Crippen MR) is 123 cm³/mol. The van der Waals surface area contributed by atoms with Gasteiger partial charge in [0.25, 0.3) is 0 Å². The minimum atomic E-state index is -1.07. The zero-order chi connectivity index (χ0) is 24.5. The average Bonchev–Trinajstić information content (AvgIpc) is 3.32. The molecule has 0 spiro atoms. The van der Waals surface area contributed by atoms with Gasteiger partial charge in [0.1, 0.15) is 17.9 Å². The highest BCUT2D eigenvalue weighted by Crippen LogP contribution is 2.19. The Morgan fingerprint density at radius 1 is 1.09 bits per heavy atom. The standard InChI is InChI=1S/C25H26FN3O5/c26-19-11-8-17(9-12-19)10-13-22(30)27-16-23(31)28-20(15-18-5-2-1-3-6-18)24(32)29-14-4-7-21(29)25(33)34/h1-3,5-6,8-13,20-21H,4,7,14-16H2,(H,27,30)(H,28,31)(H,33,34)/t20-,21-/m0/s1. The third-order valence-corrected chi connectivity index (χ3v) is 5.46. The molecule has 9 heteroatoms. The molecule has 3 rings (SSSR count). The van der Waals surface area contributed by atoms with Crippen molar-refractivity contribution in [3.05, 3.63) is 77.6 Å². The Balaban J connectivity index is 1.61. The third kappa shape index (κ3) is 6.99. The second kappa shape index (κ2) is 11.7. The third-order valence-electron chi connectivity index (χ3n) is 5.46. The van der Waals surface area contributed by atoms with Gasteiger partial charge in [-0.25, -0.2) is 9.18 Å². The number of benzene rings is 2. The molecular formula is C25H26FN3O5. The van der Waals surface area contributed by atoms with Crippen molar-refractivity contribution in [1.29, 1.82) is 0 Å². The molecule has 2 aromatic rings. The summed E-state index contributed by atoms with van der Waals surface area (Å²) in [5, 5.41) is 14.5. The molecule has 1 aliphatic rings. The van der Waals surface area contributed by atoms with Crippen LogP contribution in [0.3, 0.4) is 0 Å². The van der Waals surface area contributed by atoms with E-state index in [2.05, 4.69) is 10.6 Å². The summed E-state index contributed by atoms with van der Waals surface area (Å²) in [5.41, 5.74) is 1.42. The molecule has 1 fully saturated rings. The van der Waals surface area contributed by atoms with Gasteiger partial charge in [-0.3, -0.25) is 14.4 Å². The van der Waals surface area contributed by atoms with Crippen molar-refractivity contribution < 1.29 is 28.7 Å². The summed E-state index contributed by atoms with van der Waals surface area (Å²) < 4.78 is 12.9. The molecule has 3 amide bonds. The summed E-state index contributed by atoms with van der Waals surface area (Å²) in [4.78, 5) is 50.5. The smallest absolute Gasteiger partial charge is 0.326 e. The van der Waals surface area contributed by atoms with Crippen LogP contribution in [-0.4, -0.2) is 58.9 Å². The fraction of sp³-hybridized carbons (Fsp3) is 0.280. The van der Waals surface area contributed by atoms with E-state index >= 15 is 0 Å². The number of aliphatic carboxylic acids is 1. The normalized spacial score (nSPS) is 16.3. The van der Waals surface area contributed by atoms with E-state index in [0.717, 1.165) is 5.56 Å². The largest absolute Gasteiger partial charge is 0.480 e. The van der Waals surface area contributed by atoms with Crippen molar-refractivity contribution in [3.8, 4) is 0 Å². The SMILES string of the molecule is O=C(C=Cc1ccc(F)cc1)NCC(=O)N[C@@H](Cc1ccccc1)C(=O)N1CCC[C@H]1C(=O)O. The summed E-state index contributed by atoms with van der Waals surface area (Å²) >= 11 is 0. The number of amides is 3. The highest BCUT2D eigenvalue weighted by Gasteiger charge is 2.37. The van der Waals surface area contributed by atoms with Gasteiger partial charge in [0.15, 0.2) is 0 Å². The van der Waals surface area contributed by atoms with Crippen LogP contribution < -0.4 is 10.6 Å². The van der Waals surface area contributed by atoms with Crippen LogP contribution in [0.15, 0.2) is 60.7 Å². The number of carboxylic acid groups (broad SMARTS) is 1. The monoisotopic (exact) mass is 467 g/mol. The maximum absolute atomic E-state index is 13.1. The van der Waals surface area contributed by atoms with Gasteiger partial charge in [0, 0.05) is 19.0 Å². The summed E-state index contributed by atoms with van der Waals surface area (Å²) in [6.45, 7) is -0.0601. The van der Waals surface area contributed by atoms with Gasteiger partial charge in [0.05, 0.1) is 6.54 Å². The molecule has 0 unspecified atom stereocenters. The zero-order valence-electron chi connectivity index (χ0n) is 18.4. The van der Waals surface area contributed by atoms with Crippen LogP contribution in [0.25, 0.3) is 6.08 Å². The number of carbonyl (C=O) groups excluding carboxylic acids is 3. The van der Waals surface area contributed by atoms with Crippen LogP contribution in [0.4, 0.5) is 4.39 Å². The predicted octanol–water partition coefficient (Wildman–Crippen LogP) is 1.76. The van der Waals surface area contributed by atoms with Crippen molar-refractivity contribution in [2.75, 3.05) is 13.1 Å². The summed E-state index contributed by atoms with van der Waals surface area (Å²) in [7, 11) is 0. The first-order chi connectivity index (χ1) is 16.3. The van der Waals surface area contributed by atoms with Crippen molar-refractivity contribution in [1.82, 2.24) is 15.5 Å². The molecule has 2 atom stereocenters. The highest BCUT2D eigenvalue weighted by atomic mass is 19.1. The Hall–Kier alpha value is -4.01. The molecule has 1 aliphatic heterocycles. The molecule has 0 aliphatic carbocycles. The summed E-state index contributed by atoms with van der Waals surface area (Å²) in [6, 6.07) is 12.7. The second-order valence-corrected chi connectivity index (χ2v) is 7.94. The van der Waals surface area contributed by atoms with E-state index in [1.54, 1.807) is 0 Å². The van der Waals surface area contributed by atoms with E-state index in [0.29, 0.717) is 24.9 Å². The Labute approximate surface area is 196 Å². The molecule has 0 saturated carbocycles. The van der Waals surface area contributed by atoms with Crippen LogP contribution in [0.1, 0.15) is 24.0 Å². The minimum absolute atomic E-state index is 0.187. The van der Waals surface area contributed by atoms with Crippen LogP contribution in [-0.2, 0) is 25.6 Å². The fourth-order valence-electron chi connectivity index (χ4n) is 3.75. The summed E-state index contributed by atoms with van der Waals surface area (Å²) in [6.07, 6.45) is 3.82. The van der Waals surface area contributed by atoms with Crippen molar-refractivity contribution in [2.45, 2.75) is 31.3 Å². The molecule has 8 nitrogen and oxygen atoms in total. The van der Waals surface area contributed by atoms with E-state index in [9.17, 15) is 28.7 Å². The van der Waals surface area contributed by atoms with Crippen LogP contribution in [0, 0.1) is 5.82 Å². The van der Waals surface area contributed by atoms with Gasteiger partial charge < -0.3 is 20.6 Å². The Morgan fingerprint density at radius 3 is 2.47 bits per heavy atom. The second-order valence-electron chi connectivity index (χ2n) is 7.94. The molecule has 34 heavy (non-hydrogen) atoms. The van der Waals surface area contributed by atoms with E-state index in [1.807, 2.05) is 30.3 Å². The highest BCUT2D eigenvalue weighted by molar-refractivity contribution is 5.95. The van der Waals surface area contributed by atoms with Crippen molar-refractivity contribution >= 4 is 29.8 Å². The van der Waals surface area contributed by atoms with Gasteiger partial charge >= 0.3 is 5.97 Å². The molecule has 1 saturated heterocycles. The molecule has 0 aromatic heterocycles. The lowest BCUT2D eigenvalue weighted by Crippen LogP contribution is -2.54.